The molecule has 2 N–H and O–H groups in total. The Labute approximate surface area is 282 Å². The van der Waals surface area contributed by atoms with Crippen molar-refractivity contribution < 1.29 is 29.2 Å². The molecule has 43 heavy (non-hydrogen) atoms. The van der Waals surface area contributed by atoms with Crippen LogP contribution in [0.3, 0.4) is 0 Å². The minimum atomic E-state index is -0.744. The van der Waals surface area contributed by atoms with Crippen LogP contribution >= 0.6 is 70.6 Å². The zero-order chi connectivity index (χ0) is 30.7. The monoisotopic (exact) mass is 704 g/mol. The molecule has 0 aromatic heterocycles. The van der Waals surface area contributed by atoms with Gasteiger partial charge in [0.15, 0.2) is 0 Å². The first-order valence-corrected chi connectivity index (χ1v) is 21.0. The first-order chi connectivity index (χ1) is 20.7. The van der Waals surface area contributed by atoms with Gasteiger partial charge in [-0.2, -0.15) is 0 Å². The average molecular weight is 705 g/mol. The standard InChI is InChI=1S/C31H44O6S6/c1-21(32)29(34-15-13-27-40-17-38-18-41-27)36-25-9-5-23(6-10-25)31(3,4)24-7-11-26(12-8-24)37-30(22(2)33)35-16-14-28-42-19-39-20-43-28/h5-12,21-22,27-30,32-33H,13-20H2,1-4H3. The zero-order valence-electron chi connectivity index (χ0n) is 25.2. The summed E-state index contributed by atoms with van der Waals surface area (Å²) in [6, 6.07) is 16.0. The van der Waals surface area contributed by atoms with Crippen molar-refractivity contribution in [2.45, 2.75) is 79.9 Å². The third-order valence-corrected chi connectivity index (χ3v) is 16.0. The second kappa shape index (κ2) is 18.4. The van der Waals surface area contributed by atoms with E-state index in [1.54, 1.807) is 13.8 Å². The fourth-order valence-electron chi connectivity index (χ4n) is 4.43. The molecule has 240 valence electrons. The van der Waals surface area contributed by atoms with Crippen LogP contribution < -0.4 is 9.47 Å². The van der Waals surface area contributed by atoms with E-state index in [4.69, 9.17) is 18.9 Å². The summed E-state index contributed by atoms with van der Waals surface area (Å²) in [4.78, 5) is 0. The topological polar surface area (TPSA) is 77.4 Å². The lowest BCUT2D eigenvalue weighted by Crippen LogP contribution is -2.33. The van der Waals surface area contributed by atoms with Crippen LogP contribution in [0.15, 0.2) is 48.5 Å². The van der Waals surface area contributed by atoms with Gasteiger partial charge in [-0.15, -0.1) is 70.6 Å². The van der Waals surface area contributed by atoms with Crippen molar-refractivity contribution in [3.8, 4) is 11.5 Å². The van der Waals surface area contributed by atoms with E-state index >= 15 is 0 Å². The van der Waals surface area contributed by atoms with Crippen LogP contribution in [0, 0.1) is 0 Å². The minimum absolute atomic E-state index is 0.265. The minimum Gasteiger partial charge on any atom is -0.462 e. The van der Waals surface area contributed by atoms with Crippen LogP contribution in [-0.4, -0.2) is 77.7 Å². The van der Waals surface area contributed by atoms with Gasteiger partial charge < -0.3 is 29.2 Å². The van der Waals surface area contributed by atoms with Gasteiger partial charge in [0.25, 0.3) is 0 Å². The highest BCUT2D eigenvalue weighted by Crippen LogP contribution is 2.39. The highest BCUT2D eigenvalue weighted by molar-refractivity contribution is 8.32. The molecule has 2 fully saturated rings. The van der Waals surface area contributed by atoms with E-state index in [0.29, 0.717) is 33.9 Å². The first-order valence-electron chi connectivity index (χ1n) is 14.5. The van der Waals surface area contributed by atoms with Crippen LogP contribution in [-0.2, 0) is 14.9 Å². The lowest BCUT2D eigenvalue weighted by molar-refractivity contribution is -0.139. The highest BCUT2D eigenvalue weighted by atomic mass is 32.3. The maximum atomic E-state index is 10.2. The smallest absolute Gasteiger partial charge is 0.225 e. The van der Waals surface area contributed by atoms with Crippen LogP contribution in [0.5, 0.6) is 11.5 Å². The molecule has 0 aliphatic carbocycles. The molecule has 2 aliphatic rings. The first kappa shape index (κ1) is 35.8. The van der Waals surface area contributed by atoms with Crippen LogP contribution in [0.4, 0.5) is 0 Å². The Balaban J connectivity index is 1.29. The van der Waals surface area contributed by atoms with E-state index in [-0.39, 0.29) is 5.41 Å². The van der Waals surface area contributed by atoms with E-state index in [0.717, 1.165) is 44.3 Å². The van der Waals surface area contributed by atoms with Gasteiger partial charge in [0.2, 0.25) is 12.6 Å². The molecule has 0 radical (unpaired) electrons. The number of rotatable bonds is 16. The molecule has 6 nitrogen and oxygen atoms in total. The third kappa shape index (κ3) is 11.6. The third-order valence-electron chi connectivity index (χ3n) is 7.06. The lowest BCUT2D eigenvalue weighted by atomic mass is 9.78. The second-order valence-electron chi connectivity index (χ2n) is 10.9. The molecule has 12 heteroatoms. The fourth-order valence-corrected chi connectivity index (χ4v) is 14.0. The van der Waals surface area contributed by atoms with Crippen molar-refractivity contribution >= 4 is 70.6 Å². The van der Waals surface area contributed by atoms with Crippen molar-refractivity contribution in [2.75, 3.05) is 33.6 Å². The van der Waals surface area contributed by atoms with Gasteiger partial charge in [0, 0.05) is 25.8 Å². The molecule has 2 aliphatic heterocycles. The molecule has 2 aromatic carbocycles. The molecule has 2 heterocycles. The quantitative estimate of drug-likeness (QED) is 0.167. The number of benzene rings is 2. The van der Waals surface area contributed by atoms with Crippen molar-refractivity contribution in [3.05, 3.63) is 59.7 Å². The maximum Gasteiger partial charge on any atom is 0.225 e. The van der Waals surface area contributed by atoms with Crippen molar-refractivity contribution in [1.29, 1.82) is 0 Å². The Kier molecular flexibility index (Phi) is 15.3. The molecule has 0 amide bonds. The molecular weight excluding hydrogens is 661 g/mol. The van der Waals surface area contributed by atoms with Gasteiger partial charge in [-0.25, -0.2) is 0 Å². The number of thioether (sulfide) groups is 6. The van der Waals surface area contributed by atoms with Crippen LogP contribution in [0.1, 0.15) is 51.7 Å². The van der Waals surface area contributed by atoms with E-state index in [1.807, 2.05) is 94.8 Å². The van der Waals surface area contributed by atoms with Crippen molar-refractivity contribution in [1.82, 2.24) is 0 Å². The Hall–Kier alpha value is -0.0200. The van der Waals surface area contributed by atoms with E-state index in [1.165, 1.54) is 0 Å². The Morgan fingerprint density at radius 3 is 1.33 bits per heavy atom. The maximum absolute atomic E-state index is 10.2. The van der Waals surface area contributed by atoms with Crippen LogP contribution in [0.25, 0.3) is 0 Å². The largest absolute Gasteiger partial charge is 0.462 e. The van der Waals surface area contributed by atoms with Crippen molar-refractivity contribution in [2.24, 2.45) is 0 Å². The molecule has 4 unspecified atom stereocenters. The fraction of sp³-hybridized carbons (Fsp3) is 0.613. The predicted octanol–water partition coefficient (Wildman–Crippen LogP) is 7.91. The number of ether oxygens (including phenoxy) is 4. The molecule has 0 saturated carbocycles. The van der Waals surface area contributed by atoms with Gasteiger partial charge in [0.05, 0.1) is 22.4 Å². The Morgan fingerprint density at radius 1 is 0.651 bits per heavy atom. The van der Waals surface area contributed by atoms with Crippen LogP contribution in [0.2, 0.25) is 0 Å². The van der Waals surface area contributed by atoms with Gasteiger partial charge in [-0.3, -0.25) is 0 Å². The summed E-state index contributed by atoms with van der Waals surface area (Å²) in [5.74, 6) is 1.33. The molecule has 4 atom stereocenters. The average Bonchev–Trinajstić information content (AvgIpc) is 3.01. The van der Waals surface area contributed by atoms with Gasteiger partial charge in [-0.1, -0.05) is 38.1 Å². The number of hydrogen-bond acceptors (Lipinski definition) is 12. The van der Waals surface area contributed by atoms with E-state index < -0.39 is 24.8 Å². The van der Waals surface area contributed by atoms with Gasteiger partial charge in [-0.05, 0) is 62.1 Å². The second-order valence-corrected chi connectivity index (χ2v) is 19.6. The Bertz CT molecular complexity index is 976. The van der Waals surface area contributed by atoms with Crippen molar-refractivity contribution in [3.63, 3.8) is 0 Å². The summed E-state index contributed by atoms with van der Waals surface area (Å²) >= 11 is 11.7. The summed E-state index contributed by atoms with van der Waals surface area (Å²) in [6.45, 7) is 8.86. The molecule has 0 spiro atoms. The summed E-state index contributed by atoms with van der Waals surface area (Å²) in [7, 11) is 0. The predicted molar refractivity (Wildman–Crippen MR) is 191 cm³/mol. The molecular formula is C31H44O6S6. The molecule has 4 rings (SSSR count). The van der Waals surface area contributed by atoms with E-state index in [9.17, 15) is 10.2 Å². The zero-order valence-corrected chi connectivity index (χ0v) is 30.1. The van der Waals surface area contributed by atoms with Gasteiger partial charge in [0.1, 0.15) is 23.7 Å². The Morgan fingerprint density at radius 2 is 1.00 bits per heavy atom. The highest BCUT2D eigenvalue weighted by Gasteiger charge is 2.25. The molecule has 0 bridgehead atoms. The number of aliphatic hydroxyl groups is 2. The summed E-state index contributed by atoms with van der Waals surface area (Å²) in [5, 5.41) is 25.0. The summed E-state index contributed by atoms with van der Waals surface area (Å²) < 4.78 is 25.0. The number of aliphatic hydroxyl groups excluding tert-OH is 2. The van der Waals surface area contributed by atoms with E-state index in [2.05, 4.69) is 38.1 Å². The summed E-state index contributed by atoms with van der Waals surface area (Å²) in [5.41, 5.74) is 2.00. The molecule has 2 aromatic rings. The SMILES string of the molecule is CC(O)C(OCCC1SCSCS1)Oc1ccc(C(C)(C)c2ccc(OC(OCCC3SCSCS3)C(C)O)cc2)cc1. The summed E-state index contributed by atoms with van der Waals surface area (Å²) in [6.07, 6.45) is -1.04. The lowest BCUT2D eigenvalue weighted by Gasteiger charge is -2.28. The van der Waals surface area contributed by atoms with Gasteiger partial charge >= 0.3 is 0 Å². The normalized spacial score (nSPS) is 19.9. The molecule has 2 saturated heterocycles. The number of hydrogen-bond donors (Lipinski definition) is 2.